The lowest BCUT2D eigenvalue weighted by Crippen LogP contribution is -2.29. The maximum absolute atomic E-state index is 13.6. The number of halogens is 2. The Hall–Kier alpha value is -1.26. The van der Waals surface area contributed by atoms with E-state index in [0.29, 0.717) is 18.8 Å². The van der Waals surface area contributed by atoms with Crippen LogP contribution in [0.4, 0.5) is 8.78 Å². The SMILES string of the molecule is Cc1c(F)cc(C2OCC(C3=CCC(C)CC3)CO2)cc1F. The first kappa shape index (κ1) is 15.6. The van der Waals surface area contributed by atoms with Crippen LogP contribution in [0.1, 0.15) is 43.6 Å². The monoisotopic (exact) mass is 308 g/mol. The molecule has 1 heterocycles. The van der Waals surface area contributed by atoms with Gasteiger partial charge in [0.05, 0.1) is 13.2 Å². The number of hydrogen-bond donors (Lipinski definition) is 0. The van der Waals surface area contributed by atoms with E-state index in [-0.39, 0.29) is 11.5 Å². The van der Waals surface area contributed by atoms with Crippen molar-refractivity contribution in [3.63, 3.8) is 0 Å². The van der Waals surface area contributed by atoms with Crippen molar-refractivity contribution in [2.24, 2.45) is 11.8 Å². The topological polar surface area (TPSA) is 18.5 Å². The van der Waals surface area contributed by atoms with Gasteiger partial charge in [0.1, 0.15) is 11.6 Å². The molecule has 0 spiro atoms. The molecular formula is C18H22F2O2. The second-order valence-corrected chi connectivity index (χ2v) is 6.46. The molecule has 1 aromatic rings. The smallest absolute Gasteiger partial charge is 0.184 e. The summed E-state index contributed by atoms with van der Waals surface area (Å²) in [6.45, 7) is 4.77. The maximum atomic E-state index is 13.6. The minimum absolute atomic E-state index is 0.0268. The molecule has 1 aliphatic carbocycles. The molecule has 0 bridgehead atoms. The Morgan fingerprint density at radius 2 is 1.73 bits per heavy atom. The third-order valence-electron chi connectivity index (χ3n) is 4.71. The fourth-order valence-electron chi connectivity index (χ4n) is 3.07. The molecular weight excluding hydrogens is 286 g/mol. The Bertz CT molecular complexity index is 551. The normalized spacial score (nSPS) is 29.3. The van der Waals surface area contributed by atoms with Gasteiger partial charge in [-0.3, -0.25) is 0 Å². The second-order valence-electron chi connectivity index (χ2n) is 6.46. The summed E-state index contributed by atoms with van der Waals surface area (Å²) in [5.74, 6) is -0.106. The first-order valence-corrected chi connectivity index (χ1v) is 7.92. The van der Waals surface area contributed by atoms with Gasteiger partial charge in [-0.25, -0.2) is 8.78 Å². The molecule has 2 nitrogen and oxygen atoms in total. The minimum Gasteiger partial charge on any atom is -0.348 e. The minimum atomic E-state index is -0.677. The molecule has 1 aliphatic heterocycles. The number of rotatable bonds is 2. The van der Waals surface area contributed by atoms with Crippen molar-refractivity contribution >= 4 is 0 Å². The van der Waals surface area contributed by atoms with Gasteiger partial charge in [-0.1, -0.05) is 18.6 Å². The van der Waals surface area contributed by atoms with Gasteiger partial charge in [0.15, 0.2) is 6.29 Å². The third-order valence-corrected chi connectivity index (χ3v) is 4.71. The average Bonchev–Trinajstić information content (AvgIpc) is 2.53. The maximum Gasteiger partial charge on any atom is 0.184 e. The van der Waals surface area contributed by atoms with E-state index in [2.05, 4.69) is 13.0 Å². The average molecular weight is 308 g/mol. The molecule has 0 saturated carbocycles. The Balaban J connectivity index is 1.65. The lowest BCUT2D eigenvalue weighted by atomic mass is 9.85. The highest BCUT2D eigenvalue weighted by Crippen LogP contribution is 2.34. The van der Waals surface area contributed by atoms with E-state index in [1.165, 1.54) is 31.1 Å². The molecule has 120 valence electrons. The van der Waals surface area contributed by atoms with Crippen LogP contribution in [0.2, 0.25) is 0 Å². The number of benzene rings is 1. The zero-order valence-corrected chi connectivity index (χ0v) is 13.1. The van der Waals surface area contributed by atoms with E-state index < -0.39 is 17.9 Å². The zero-order valence-electron chi connectivity index (χ0n) is 13.1. The van der Waals surface area contributed by atoms with E-state index in [9.17, 15) is 8.78 Å². The van der Waals surface area contributed by atoms with Crippen LogP contribution in [-0.4, -0.2) is 13.2 Å². The first-order chi connectivity index (χ1) is 10.5. The van der Waals surface area contributed by atoms with Gasteiger partial charge in [0.2, 0.25) is 0 Å². The summed E-state index contributed by atoms with van der Waals surface area (Å²) in [7, 11) is 0. The molecule has 0 N–H and O–H groups in total. The lowest BCUT2D eigenvalue weighted by Gasteiger charge is -2.33. The molecule has 0 radical (unpaired) electrons. The molecule has 3 rings (SSSR count). The summed E-state index contributed by atoms with van der Waals surface area (Å²) in [5, 5.41) is 0. The Labute approximate surface area is 130 Å². The quantitative estimate of drug-likeness (QED) is 0.738. The standard InChI is InChI=1S/C18H22F2O2/c1-11-3-5-13(6-4-11)15-9-21-18(22-10-15)14-7-16(19)12(2)17(20)8-14/h5,7-8,11,15,18H,3-4,6,9-10H2,1-2H3. The third kappa shape index (κ3) is 3.23. The molecule has 1 aromatic carbocycles. The van der Waals surface area contributed by atoms with E-state index >= 15 is 0 Å². The van der Waals surface area contributed by atoms with E-state index in [4.69, 9.17) is 9.47 Å². The van der Waals surface area contributed by atoms with Gasteiger partial charge < -0.3 is 9.47 Å². The van der Waals surface area contributed by atoms with Crippen LogP contribution >= 0.6 is 0 Å². The van der Waals surface area contributed by atoms with Crippen molar-refractivity contribution in [2.45, 2.75) is 39.4 Å². The Morgan fingerprint density at radius 3 is 2.27 bits per heavy atom. The molecule has 1 saturated heterocycles. The van der Waals surface area contributed by atoms with E-state index in [1.807, 2.05) is 0 Å². The number of hydrogen-bond acceptors (Lipinski definition) is 2. The highest BCUT2D eigenvalue weighted by molar-refractivity contribution is 5.26. The molecule has 0 amide bonds. The molecule has 22 heavy (non-hydrogen) atoms. The Kier molecular flexibility index (Phi) is 4.59. The summed E-state index contributed by atoms with van der Waals surface area (Å²) in [6.07, 6.45) is 5.04. The van der Waals surface area contributed by atoms with Crippen LogP contribution < -0.4 is 0 Å². The molecule has 4 heteroatoms. The number of allylic oxidation sites excluding steroid dienone is 1. The summed E-state index contributed by atoms with van der Waals surface area (Å²) >= 11 is 0. The van der Waals surface area contributed by atoms with Gasteiger partial charge in [-0.05, 0) is 44.2 Å². The van der Waals surface area contributed by atoms with E-state index in [1.54, 1.807) is 0 Å². The molecule has 1 unspecified atom stereocenters. The summed E-state index contributed by atoms with van der Waals surface area (Å²) in [6, 6.07) is 2.59. The summed E-state index contributed by atoms with van der Waals surface area (Å²) in [5.41, 5.74) is 1.84. The molecule has 2 aliphatic rings. The van der Waals surface area contributed by atoms with Crippen LogP contribution in [0.25, 0.3) is 0 Å². The highest BCUT2D eigenvalue weighted by Gasteiger charge is 2.28. The molecule has 1 fully saturated rings. The first-order valence-electron chi connectivity index (χ1n) is 7.92. The largest absolute Gasteiger partial charge is 0.348 e. The lowest BCUT2D eigenvalue weighted by molar-refractivity contribution is -0.199. The fourth-order valence-corrected chi connectivity index (χ4v) is 3.07. The van der Waals surface area contributed by atoms with Crippen LogP contribution in [0.5, 0.6) is 0 Å². The predicted octanol–water partition coefficient (Wildman–Crippen LogP) is 4.68. The summed E-state index contributed by atoms with van der Waals surface area (Å²) in [4.78, 5) is 0. The van der Waals surface area contributed by atoms with Crippen molar-refractivity contribution in [3.8, 4) is 0 Å². The second kappa shape index (κ2) is 6.47. The van der Waals surface area contributed by atoms with Crippen molar-refractivity contribution in [2.75, 3.05) is 13.2 Å². The van der Waals surface area contributed by atoms with Crippen molar-refractivity contribution in [3.05, 3.63) is 46.5 Å². The van der Waals surface area contributed by atoms with E-state index in [0.717, 1.165) is 18.8 Å². The van der Waals surface area contributed by atoms with Crippen molar-refractivity contribution in [1.82, 2.24) is 0 Å². The van der Waals surface area contributed by atoms with Crippen LogP contribution in [-0.2, 0) is 9.47 Å². The van der Waals surface area contributed by atoms with Gasteiger partial charge >= 0.3 is 0 Å². The van der Waals surface area contributed by atoms with Crippen LogP contribution in [0.15, 0.2) is 23.8 Å². The Morgan fingerprint density at radius 1 is 1.09 bits per heavy atom. The van der Waals surface area contributed by atoms with Gasteiger partial charge in [0, 0.05) is 17.0 Å². The highest BCUT2D eigenvalue weighted by atomic mass is 19.1. The predicted molar refractivity (Wildman–Crippen MR) is 80.3 cm³/mol. The van der Waals surface area contributed by atoms with Crippen molar-refractivity contribution in [1.29, 1.82) is 0 Å². The zero-order chi connectivity index (χ0) is 15.7. The van der Waals surface area contributed by atoms with Crippen molar-refractivity contribution < 1.29 is 18.3 Å². The molecule has 1 atom stereocenters. The van der Waals surface area contributed by atoms with Gasteiger partial charge in [-0.2, -0.15) is 0 Å². The molecule has 0 aromatic heterocycles. The number of ether oxygens (including phenoxy) is 2. The van der Waals surface area contributed by atoms with Crippen LogP contribution in [0, 0.1) is 30.4 Å². The van der Waals surface area contributed by atoms with Crippen LogP contribution in [0.3, 0.4) is 0 Å². The fraction of sp³-hybridized carbons (Fsp3) is 0.556. The van der Waals surface area contributed by atoms with Gasteiger partial charge in [-0.15, -0.1) is 0 Å². The summed E-state index contributed by atoms with van der Waals surface area (Å²) < 4.78 is 38.7. The van der Waals surface area contributed by atoms with Gasteiger partial charge in [0.25, 0.3) is 0 Å².